The van der Waals surface area contributed by atoms with E-state index in [0.717, 1.165) is 27.9 Å². The molecule has 260 valence electrons. The zero-order valence-corrected chi connectivity index (χ0v) is 30.4. The number of halogens is 3. The predicted octanol–water partition coefficient (Wildman–Crippen LogP) is 5.54. The average molecular weight is 772 g/mol. The van der Waals surface area contributed by atoms with Crippen LogP contribution in [0.4, 0.5) is 14.5 Å². The third-order valence-corrected chi connectivity index (χ3v) is 10.7. The van der Waals surface area contributed by atoms with Crippen LogP contribution in [0.2, 0.25) is 0 Å². The number of likely N-dealkylation sites (tertiary alicyclic amines) is 1. The molecule has 1 aliphatic heterocycles. The molecule has 1 aliphatic rings. The lowest BCUT2D eigenvalue weighted by molar-refractivity contribution is -0.141. The van der Waals surface area contributed by atoms with Crippen LogP contribution >= 0.6 is 34.9 Å². The van der Waals surface area contributed by atoms with Gasteiger partial charge in [-0.25, -0.2) is 0 Å². The van der Waals surface area contributed by atoms with Crippen LogP contribution in [-0.4, -0.2) is 82.5 Å². The lowest BCUT2D eigenvalue weighted by Crippen LogP contribution is -2.58. The summed E-state index contributed by atoms with van der Waals surface area (Å²) in [7, 11) is -2.52. The molecule has 16 heteroatoms. The Balaban J connectivity index is 1.59. The normalized spacial score (nSPS) is 16.1. The summed E-state index contributed by atoms with van der Waals surface area (Å²) in [6.07, 6.45) is 1.02. The largest absolute Gasteiger partial charge is 0.399 e. The molecule has 0 radical (unpaired) electrons. The Morgan fingerprint density at radius 1 is 1.08 bits per heavy atom. The van der Waals surface area contributed by atoms with E-state index in [1.54, 1.807) is 59.1 Å². The number of carbonyl (C=O) groups excluding carboxylic acids is 4. The SMILES string of the molecule is CN(C)C(=O)CCN(C(=O)[C@@H]1CCCN1C(=O)[C@@H](NC(=O)c1cc2cc(C(F)(F)P(=O)(O)O)ccc2s1)C(C)(C)C)c1ccc(Br)cc1. The van der Waals surface area contributed by atoms with Crippen LogP contribution in [0.5, 0.6) is 0 Å². The topological polar surface area (TPSA) is 148 Å². The third kappa shape index (κ3) is 8.14. The molecule has 11 nitrogen and oxygen atoms in total. The number of anilines is 1. The summed E-state index contributed by atoms with van der Waals surface area (Å²) in [6.45, 7) is 5.69. The van der Waals surface area contributed by atoms with E-state index >= 15 is 0 Å². The molecule has 2 atom stereocenters. The maximum Gasteiger partial charge on any atom is 0.399 e. The van der Waals surface area contributed by atoms with Crippen molar-refractivity contribution in [1.82, 2.24) is 15.1 Å². The minimum atomic E-state index is -5.79. The number of nitrogens with zero attached hydrogens (tertiary/aromatic N) is 3. The van der Waals surface area contributed by atoms with Gasteiger partial charge in [-0.2, -0.15) is 8.78 Å². The lowest BCUT2D eigenvalue weighted by Gasteiger charge is -2.36. The second kappa shape index (κ2) is 14.3. The summed E-state index contributed by atoms with van der Waals surface area (Å²) in [6, 6.07) is 9.57. The summed E-state index contributed by atoms with van der Waals surface area (Å²) in [4.78, 5) is 77.0. The second-order valence-electron chi connectivity index (χ2n) is 12.9. The molecule has 0 bridgehead atoms. The Kier molecular flexibility index (Phi) is 11.2. The second-order valence-corrected chi connectivity index (χ2v) is 16.6. The minimum Gasteiger partial charge on any atom is -0.349 e. The van der Waals surface area contributed by atoms with E-state index in [4.69, 9.17) is 9.79 Å². The highest BCUT2D eigenvalue weighted by molar-refractivity contribution is 9.10. The molecule has 3 N–H and O–H groups in total. The van der Waals surface area contributed by atoms with Crippen LogP contribution in [-0.2, 0) is 24.6 Å². The fourth-order valence-electron chi connectivity index (χ4n) is 5.41. The molecule has 0 unspecified atom stereocenters. The first-order valence-electron chi connectivity index (χ1n) is 15.1. The highest BCUT2D eigenvalue weighted by Gasteiger charge is 2.50. The van der Waals surface area contributed by atoms with Gasteiger partial charge in [-0.05, 0) is 66.1 Å². The first kappa shape index (κ1) is 37.6. The Hall–Kier alpha value is -3.23. The highest BCUT2D eigenvalue weighted by atomic mass is 79.9. The standard InChI is InChI=1S/C32H38BrF2N4O7PS/c1-31(2,3)27(36-28(41)25-18-19-17-20(8-13-24(19)48-25)32(34,35)47(44,45)46)30(43)39-15-6-7-23(39)29(42)38(16-14-26(40)37(4)5)22-11-9-21(33)10-12-22/h8-13,17-18,23,27H,6-7,14-16H2,1-5H3,(H,36,41)(H2,44,45,46)/t23-,27+/m0/s1. The van der Waals surface area contributed by atoms with E-state index in [-0.39, 0.29) is 41.6 Å². The van der Waals surface area contributed by atoms with Crippen LogP contribution in [0.15, 0.2) is 53.0 Å². The zero-order chi connectivity index (χ0) is 35.8. The van der Waals surface area contributed by atoms with Gasteiger partial charge in [0, 0.05) is 54.0 Å². The van der Waals surface area contributed by atoms with Gasteiger partial charge in [0.15, 0.2) is 0 Å². The molecule has 4 amide bonds. The number of fused-ring (bicyclic) bond motifs is 1. The molecule has 0 spiro atoms. The monoisotopic (exact) mass is 770 g/mol. The maximum atomic E-state index is 14.3. The van der Waals surface area contributed by atoms with E-state index in [9.17, 15) is 32.5 Å². The van der Waals surface area contributed by atoms with Gasteiger partial charge >= 0.3 is 13.3 Å². The van der Waals surface area contributed by atoms with E-state index in [0.29, 0.717) is 23.2 Å². The molecule has 0 saturated carbocycles. The van der Waals surface area contributed by atoms with E-state index in [1.807, 2.05) is 0 Å². The van der Waals surface area contributed by atoms with E-state index in [2.05, 4.69) is 21.2 Å². The Bertz CT molecular complexity index is 1760. The van der Waals surface area contributed by atoms with Gasteiger partial charge in [0.1, 0.15) is 12.1 Å². The number of hydrogen-bond acceptors (Lipinski definition) is 6. The van der Waals surface area contributed by atoms with Crippen molar-refractivity contribution < 1.29 is 42.3 Å². The summed E-state index contributed by atoms with van der Waals surface area (Å²) in [5, 5.41) is 2.97. The average Bonchev–Trinajstić information content (AvgIpc) is 3.66. The smallest absolute Gasteiger partial charge is 0.349 e. The van der Waals surface area contributed by atoms with Crippen molar-refractivity contribution in [1.29, 1.82) is 0 Å². The van der Waals surface area contributed by atoms with Crippen LogP contribution in [0.3, 0.4) is 0 Å². The van der Waals surface area contributed by atoms with Gasteiger partial charge in [-0.3, -0.25) is 23.7 Å². The van der Waals surface area contributed by atoms with Gasteiger partial charge in [-0.15, -0.1) is 11.3 Å². The fourth-order valence-corrected chi connectivity index (χ4v) is 7.10. The zero-order valence-electron chi connectivity index (χ0n) is 27.1. The van der Waals surface area contributed by atoms with Crippen molar-refractivity contribution in [3.05, 3.63) is 63.4 Å². The summed E-state index contributed by atoms with van der Waals surface area (Å²) in [5.41, 5.74) is -5.53. The number of nitrogens with one attached hydrogen (secondary N) is 1. The van der Waals surface area contributed by atoms with Crippen molar-refractivity contribution in [3.8, 4) is 0 Å². The summed E-state index contributed by atoms with van der Waals surface area (Å²) < 4.78 is 41.3. The van der Waals surface area contributed by atoms with Gasteiger partial charge < -0.3 is 29.8 Å². The number of amides is 4. The van der Waals surface area contributed by atoms with Gasteiger partial charge in [0.25, 0.3) is 5.91 Å². The molecule has 2 aromatic carbocycles. The van der Waals surface area contributed by atoms with E-state index in [1.165, 1.54) is 26.8 Å². The summed E-state index contributed by atoms with van der Waals surface area (Å²) in [5.74, 6) is -1.61. The van der Waals surface area contributed by atoms with Crippen molar-refractivity contribution in [2.45, 2.75) is 57.8 Å². The molecule has 48 heavy (non-hydrogen) atoms. The summed E-state index contributed by atoms with van der Waals surface area (Å²) >= 11 is 4.37. The molecule has 2 heterocycles. The van der Waals surface area contributed by atoms with Gasteiger partial charge in [-0.1, -0.05) is 42.8 Å². The molecule has 4 rings (SSSR count). The molecule has 1 fully saturated rings. The quantitative estimate of drug-likeness (QED) is 0.230. The molecular formula is C32H38BrF2N4O7PS. The van der Waals surface area contributed by atoms with Gasteiger partial charge in [0.2, 0.25) is 17.7 Å². The van der Waals surface area contributed by atoms with Gasteiger partial charge in [0.05, 0.1) is 4.88 Å². The number of carbonyl (C=O) groups is 4. The highest BCUT2D eigenvalue weighted by Crippen LogP contribution is 2.59. The van der Waals surface area contributed by atoms with Crippen molar-refractivity contribution in [2.24, 2.45) is 5.41 Å². The molecule has 1 aromatic heterocycles. The molecule has 0 aliphatic carbocycles. The first-order chi connectivity index (χ1) is 22.2. The number of alkyl halides is 2. The number of rotatable bonds is 10. The number of hydrogen-bond donors (Lipinski definition) is 3. The fraction of sp³-hybridized carbons (Fsp3) is 0.438. The lowest BCUT2D eigenvalue weighted by atomic mass is 9.85. The molecule has 1 saturated heterocycles. The number of benzene rings is 2. The third-order valence-electron chi connectivity index (χ3n) is 8.11. The van der Waals surface area contributed by atoms with Crippen molar-refractivity contribution in [3.63, 3.8) is 0 Å². The van der Waals surface area contributed by atoms with Crippen LogP contribution in [0.1, 0.15) is 55.3 Å². The Labute approximate surface area is 289 Å². The van der Waals surface area contributed by atoms with E-state index < -0.39 is 48.1 Å². The van der Waals surface area contributed by atoms with Crippen molar-refractivity contribution in [2.75, 3.05) is 32.1 Å². The van der Waals surface area contributed by atoms with Crippen LogP contribution < -0.4 is 10.2 Å². The maximum absolute atomic E-state index is 14.3. The van der Waals surface area contributed by atoms with Crippen LogP contribution in [0, 0.1) is 5.41 Å². The predicted molar refractivity (Wildman–Crippen MR) is 183 cm³/mol. The molecular weight excluding hydrogens is 733 g/mol. The number of thiophene rings is 1. The van der Waals surface area contributed by atoms with Crippen molar-refractivity contribution >= 4 is 74.3 Å². The molecule has 3 aromatic rings. The Morgan fingerprint density at radius 3 is 2.31 bits per heavy atom. The minimum absolute atomic E-state index is 0.0732. The first-order valence-corrected chi connectivity index (χ1v) is 18.3. The Morgan fingerprint density at radius 2 is 1.73 bits per heavy atom. The van der Waals surface area contributed by atoms with Crippen LogP contribution in [0.25, 0.3) is 10.1 Å².